The van der Waals surface area contributed by atoms with Gasteiger partial charge in [-0.15, -0.1) is 0 Å². The number of hydrogen-bond donors (Lipinski definition) is 0. The molecule has 1 aromatic rings. The van der Waals surface area contributed by atoms with E-state index in [9.17, 15) is 4.79 Å². The van der Waals surface area contributed by atoms with Crippen molar-refractivity contribution in [3.05, 3.63) is 23.8 Å². The Kier molecular flexibility index (Phi) is 7.31. The number of carbonyl (C=O) groups excluding carboxylic acids is 1. The largest absolute Gasteiger partial charge is 0.542 e. The van der Waals surface area contributed by atoms with E-state index in [1.165, 1.54) is 0 Å². The zero-order chi connectivity index (χ0) is 20.3. The van der Waals surface area contributed by atoms with Gasteiger partial charge in [0, 0.05) is 0 Å². The summed E-state index contributed by atoms with van der Waals surface area (Å²) in [6, 6.07) is 5.53. The van der Waals surface area contributed by atoms with Crippen LogP contribution in [0, 0.1) is 0 Å². The first-order valence-corrected chi connectivity index (χ1v) is 19.1. The van der Waals surface area contributed by atoms with E-state index in [2.05, 4.69) is 39.3 Å². The van der Waals surface area contributed by atoms with Crippen LogP contribution in [0.4, 0.5) is 0 Å². The smallest absolute Gasteiger partial charge is 0.325 e. The molecule has 0 N–H and O–H groups in total. The molecule has 0 aliphatic heterocycles. The van der Waals surface area contributed by atoms with E-state index in [0.29, 0.717) is 11.5 Å². The topological polar surface area (TPSA) is 54.0 Å². The molecule has 0 heterocycles. The highest BCUT2D eigenvalue weighted by Gasteiger charge is 2.33. The summed E-state index contributed by atoms with van der Waals surface area (Å²) in [5, 5.41) is 0. The second-order valence-electron chi connectivity index (χ2n) is 9.27. The lowest BCUT2D eigenvalue weighted by atomic mass is 10.1. The Hall–Kier alpha value is -1.10. The van der Waals surface area contributed by atoms with Crippen LogP contribution < -0.4 is 9.16 Å². The summed E-state index contributed by atoms with van der Waals surface area (Å²) < 4.78 is 23.5. The Morgan fingerprint density at radius 1 is 0.846 bits per heavy atom. The molecule has 0 radical (unpaired) electrons. The predicted octanol–water partition coefficient (Wildman–Crippen LogP) is 5.18. The van der Waals surface area contributed by atoms with Crippen LogP contribution in [0.1, 0.15) is 11.7 Å². The molecule has 0 amide bonds. The van der Waals surface area contributed by atoms with E-state index in [0.717, 1.165) is 5.56 Å². The third-order valence-corrected chi connectivity index (χ3v) is 5.59. The minimum absolute atomic E-state index is 0.323. The number of carbonyl (C=O) groups is 1. The SMILES string of the molecule is COc1ccc(C(O[Si](C)(C)C)C(=O)O[Si](C)(C)C)cc1O[Si](C)(C)C. The van der Waals surface area contributed by atoms with E-state index < -0.39 is 31.1 Å². The third-order valence-electron chi connectivity index (χ3n) is 3.00. The average molecular weight is 415 g/mol. The molecule has 1 atom stereocenters. The summed E-state index contributed by atoms with van der Waals surface area (Å²) in [6.07, 6.45) is -0.747. The van der Waals surface area contributed by atoms with Gasteiger partial charge in [0.25, 0.3) is 0 Å². The Morgan fingerprint density at radius 3 is 1.85 bits per heavy atom. The maximum Gasteiger partial charge on any atom is 0.325 e. The highest BCUT2D eigenvalue weighted by molar-refractivity contribution is 6.71. The molecule has 1 aromatic carbocycles. The van der Waals surface area contributed by atoms with E-state index in [1.54, 1.807) is 7.11 Å². The summed E-state index contributed by atoms with van der Waals surface area (Å²) in [5.74, 6) is 0.978. The molecule has 0 aromatic heterocycles. The van der Waals surface area contributed by atoms with Crippen LogP contribution >= 0.6 is 0 Å². The second-order valence-corrected chi connectivity index (χ2v) is 22.6. The van der Waals surface area contributed by atoms with Crippen LogP contribution in [0.3, 0.4) is 0 Å². The summed E-state index contributed by atoms with van der Waals surface area (Å²) in [7, 11) is -4.22. The summed E-state index contributed by atoms with van der Waals surface area (Å²) in [5.41, 5.74) is 0.740. The number of methoxy groups -OCH3 is 1. The molecule has 0 aliphatic carbocycles. The van der Waals surface area contributed by atoms with Gasteiger partial charge in [-0.25, -0.2) is 0 Å². The van der Waals surface area contributed by atoms with Crippen molar-refractivity contribution in [1.82, 2.24) is 0 Å². The lowest BCUT2D eigenvalue weighted by Crippen LogP contribution is -2.37. The lowest BCUT2D eigenvalue weighted by Gasteiger charge is -2.29. The molecule has 26 heavy (non-hydrogen) atoms. The van der Waals surface area contributed by atoms with E-state index in [-0.39, 0.29) is 5.97 Å². The van der Waals surface area contributed by atoms with Gasteiger partial charge in [0.15, 0.2) is 20.2 Å². The highest BCUT2D eigenvalue weighted by atomic mass is 28.4. The van der Waals surface area contributed by atoms with E-state index in [1.807, 2.05) is 37.8 Å². The van der Waals surface area contributed by atoms with Crippen LogP contribution in [0.2, 0.25) is 58.9 Å². The van der Waals surface area contributed by atoms with Gasteiger partial charge in [0.1, 0.15) is 5.75 Å². The second kappa shape index (κ2) is 8.28. The number of ether oxygens (including phenoxy) is 1. The predicted molar refractivity (Wildman–Crippen MR) is 114 cm³/mol. The first-order chi connectivity index (χ1) is 11.6. The number of benzene rings is 1. The van der Waals surface area contributed by atoms with Crippen molar-refractivity contribution < 1.29 is 22.8 Å². The van der Waals surface area contributed by atoms with E-state index >= 15 is 0 Å². The summed E-state index contributed by atoms with van der Waals surface area (Å²) >= 11 is 0. The maximum absolute atomic E-state index is 12.8. The van der Waals surface area contributed by atoms with Gasteiger partial charge in [0.05, 0.1) is 7.11 Å². The summed E-state index contributed by atoms with van der Waals surface area (Å²) in [4.78, 5) is 12.8. The average Bonchev–Trinajstić information content (AvgIpc) is 2.40. The Bertz CT molecular complexity index is 627. The molecule has 1 rings (SSSR count). The van der Waals surface area contributed by atoms with Gasteiger partial charge < -0.3 is 18.0 Å². The van der Waals surface area contributed by atoms with Crippen molar-refractivity contribution in [2.75, 3.05) is 7.11 Å². The van der Waals surface area contributed by atoms with Crippen LogP contribution in [-0.4, -0.2) is 38.0 Å². The third kappa shape index (κ3) is 8.07. The molecule has 0 saturated heterocycles. The molecule has 0 saturated carbocycles. The summed E-state index contributed by atoms with van der Waals surface area (Å²) in [6.45, 7) is 18.5. The molecule has 0 bridgehead atoms. The van der Waals surface area contributed by atoms with Gasteiger partial charge in [-0.1, -0.05) is 6.07 Å². The highest BCUT2D eigenvalue weighted by Crippen LogP contribution is 2.35. The van der Waals surface area contributed by atoms with Crippen molar-refractivity contribution in [1.29, 1.82) is 0 Å². The number of rotatable bonds is 8. The fraction of sp³-hybridized carbons (Fsp3) is 0.611. The molecule has 0 aliphatic rings. The molecular weight excluding hydrogens is 380 g/mol. The molecular formula is C18H34O5Si3. The van der Waals surface area contributed by atoms with Crippen LogP contribution in [0.25, 0.3) is 0 Å². The standard InChI is InChI=1S/C18H34O5Si3/c1-20-15-12-11-14(13-16(15)21-24(2,3)4)17(22-25(5,6)7)18(19)23-26(8,9)10/h11-13,17H,1-10H3. The van der Waals surface area contributed by atoms with Crippen LogP contribution in [0.5, 0.6) is 11.5 Å². The van der Waals surface area contributed by atoms with Crippen LogP contribution in [-0.2, 0) is 13.6 Å². The zero-order valence-electron chi connectivity index (χ0n) is 17.9. The monoisotopic (exact) mass is 414 g/mol. The molecule has 0 spiro atoms. The molecule has 0 fully saturated rings. The normalized spacial score (nSPS) is 13.9. The zero-order valence-corrected chi connectivity index (χ0v) is 20.9. The van der Waals surface area contributed by atoms with Gasteiger partial charge in [0.2, 0.25) is 16.6 Å². The van der Waals surface area contributed by atoms with Crippen molar-refractivity contribution in [2.45, 2.75) is 65.0 Å². The van der Waals surface area contributed by atoms with Gasteiger partial charge in [-0.05, 0) is 76.6 Å². The van der Waals surface area contributed by atoms with Crippen molar-refractivity contribution in [3.63, 3.8) is 0 Å². The quantitative estimate of drug-likeness (QED) is 0.549. The van der Waals surface area contributed by atoms with Crippen molar-refractivity contribution >= 4 is 30.9 Å². The minimum atomic E-state index is -2.02. The van der Waals surface area contributed by atoms with Crippen LogP contribution in [0.15, 0.2) is 18.2 Å². The fourth-order valence-electron chi connectivity index (χ4n) is 2.23. The molecule has 148 valence electrons. The minimum Gasteiger partial charge on any atom is -0.542 e. The van der Waals surface area contributed by atoms with Crippen molar-refractivity contribution in [3.8, 4) is 11.5 Å². The molecule has 8 heteroatoms. The number of hydrogen-bond acceptors (Lipinski definition) is 5. The first kappa shape index (κ1) is 22.9. The van der Waals surface area contributed by atoms with Gasteiger partial charge in [-0.2, -0.15) is 0 Å². The van der Waals surface area contributed by atoms with Gasteiger partial charge in [-0.3, -0.25) is 4.79 Å². The Labute approximate surface area is 161 Å². The molecule has 1 unspecified atom stereocenters. The van der Waals surface area contributed by atoms with Crippen molar-refractivity contribution in [2.24, 2.45) is 0 Å². The lowest BCUT2D eigenvalue weighted by molar-refractivity contribution is -0.143. The Morgan fingerprint density at radius 2 is 1.42 bits per heavy atom. The Balaban J connectivity index is 3.32. The maximum atomic E-state index is 12.8. The van der Waals surface area contributed by atoms with E-state index in [4.69, 9.17) is 18.0 Å². The fourth-order valence-corrected chi connectivity index (χ4v) is 4.70. The van der Waals surface area contributed by atoms with Gasteiger partial charge >= 0.3 is 5.97 Å². The molecule has 5 nitrogen and oxygen atoms in total. The first-order valence-electron chi connectivity index (χ1n) is 8.89.